The van der Waals surface area contributed by atoms with E-state index < -0.39 is 62.5 Å². The molecule has 2 N–H and O–H groups in total. The largest absolute Gasteiger partial charge is 0.530 e. The molecule has 0 bridgehead atoms. The Labute approximate surface area is 402 Å². The van der Waals surface area contributed by atoms with E-state index in [-0.39, 0.29) is 41.8 Å². The highest BCUT2D eigenvalue weighted by molar-refractivity contribution is 7.49. The molecular weight excluding hydrogens is 924 g/mol. The van der Waals surface area contributed by atoms with Crippen molar-refractivity contribution in [1.82, 2.24) is 14.6 Å². The van der Waals surface area contributed by atoms with Gasteiger partial charge in [0.25, 0.3) is 0 Å². The molecule has 1 unspecified atom stereocenters. The van der Waals surface area contributed by atoms with Crippen LogP contribution in [0.3, 0.4) is 0 Å². The van der Waals surface area contributed by atoms with Crippen LogP contribution in [-0.2, 0) is 39.2 Å². The summed E-state index contributed by atoms with van der Waals surface area (Å²) in [5.41, 5.74) is 6.47. The first-order valence-electron chi connectivity index (χ1n) is 23.7. The summed E-state index contributed by atoms with van der Waals surface area (Å²) in [5.74, 6) is -1.28. The molecule has 0 aliphatic carbocycles. The Bertz CT molecular complexity index is 2340. The summed E-state index contributed by atoms with van der Waals surface area (Å²) in [6, 6.07) is 16.1. The van der Waals surface area contributed by atoms with Gasteiger partial charge in [-0.05, 0) is 74.7 Å². The third kappa shape index (κ3) is 15.2. The Hall–Kier alpha value is -4.11. The number of ether oxygens (including phenoxy) is 4. The molecule has 0 amide bonds. The van der Waals surface area contributed by atoms with Crippen LogP contribution in [0.25, 0.3) is 5.52 Å². The molecule has 2 aromatic heterocycles. The fourth-order valence-electron chi connectivity index (χ4n) is 8.75. The lowest BCUT2D eigenvalue weighted by Crippen LogP contribution is -2.48. The maximum absolute atomic E-state index is 15.0. The van der Waals surface area contributed by atoms with Crippen LogP contribution in [0.5, 0.6) is 5.75 Å². The van der Waals surface area contributed by atoms with E-state index >= 15 is 4.57 Å². The monoisotopic (exact) mass is 988 g/mol. The first-order chi connectivity index (χ1) is 32.7. The molecular formula is C49H65ClF3N6O8P. The molecule has 0 radical (unpaired) electrons. The molecule has 68 heavy (non-hydrogen) atoms. The Balaban J connectivity index is 1.11. The predicted octanol–water partition coefficient (Wildman–Crippen LogP) is 12.3. The van der Waals surface area contributed by atoms with Crippen LogP contribution < -0.4 is 10.3 Å². The van der Waals surface area contributed by atoms with E-state index in [0.717, 1.165) is 70.3 Å². The van der Waals surface area contributed by atoms with Crippen molar-refractivity contribution < 1.29 is 50.3 Å². The van der Waals surface area contributed by atoms with Crippen LogP contribution in [-0.4, -0.2) is 77.2 Å². The number of unbranched alkanes of at least 4 members (excludes halogenated alkanes) is 13. The van der Waals surface area contributed by atoms with Crippen molar-refractivity contribution in [3.8, 4) is 11.8 Å². The Morgan fingerprint density at radius 2 is 1.59 bits per heavy atom. The van der Waals surface area contributed by atoms with E-state index in [4.69, 9.17) is 49.9 Å². The number of hydrogen-bond donors (Lipinski definition) is 1. The molecule has 19 heteroatoms. The molecule has 6 atom stereocenters. The molecule has 2 aromatic carbocycles. The van der Waals surface area contributed by atoms with Crippen molar-refractivity contribution in [2.24, 2.45) is 4.99 Å². The van der Waals surface area contributed by atoms with Gasteiger partial charge >= 0.3 is 7.82 Å². The summed E-state index contributed by atoms with van der Waals surface area (Å²) < 4.78 is 100. The van der Waals surface area contributed by atoms with Gasteiger partial charge in [0.15, 0.2) is 17.2 Å². The number of rotatable bonds is 30. The Kier molecular flexibility index (Phi) is 20.1. The first kappa shape index (κ1) is 53.2. The minimum Gasteiger partial charge on any atom is -0.402 e. The molecule has 14 nitrogen and oxygen atoms in total. The lowest BCUT2D eigenvalue weighted by molar-refractivity contribution is -0.201. The van der Waals surface area contributed by atoms with Crippen LogP contribution >= 0.6 is 19.4 Å². The van der Waals surface area contributed by atoms with Gasteiger partial charge in [-0.2, -0.15) is 10.4 Å². The van der Waals surface area contributed by atoms with Crippen LogP contribution in [0.2, 0.25) is 5.02 Å². The van der Waals surface area contributed by atoms with Crippen molar-refractivity contribution in [2.75, 3.05) is 26.0 Å². The number of aliphatic imine (C=N–C) groups is 1. The third-order valence-corrected chi connectivity index (χ3v) is 13.7. The average Bonchev–Trinajstić information content (AvgIpc) is 3.97. The van der Waals surface area contributed by atoms with Crippen molar-refractivity contribution in [2.45, 2.75) is 165 Å². The lowest BCUT2D eigenvalue weighted by atomic mass is 9.96. The number of nitriles is 1. The summed E-state index contributed by atoms with van der Waals surface area (Å²) in [5, 5.41) is 14.0. The van der Waals surface area contributed by atoms with E-state index in [1.54, 1.807) is 61.8 Å². The molecule has 2 aliphatic heterocycles. The Morgan fingerprint density at radius 3 is 2.24 bits per heavy atom. The van der Waals surface area contributed by atoms with E-state index in [2.05, 4.69) is 15.1 Å². The molecule has 4 aromatic rings. The van der Waals surface area contributed by atoms with Gasteiger partial charge in [0.05, 0.1) is 48.3 Å². The second-order valence-electron chi connectivity index (χ2n) is 18.0. The highest BCUT2D eigenvalue weighted by atomic mass is 35.5. The zero-order chi connectivity index (χ0) is 48.6. The lowest BCUT2D eigenvalue weighted by Gasteiger charge is -2.32. The van der Waals surface area contributed by atoms with Gasteiger partial charge in [-0.1, -0.05) is 107 Å². The number of aromatic nitrogens is 3. The SMILES string of the molecule is CN=C[C@]1(COP(=O)(OC[C@@H](CCCCCCCCCCCCCCCCC(F)F)OCc2cc(F)cc(C#N)c2)Oc2ccccc2Cl)O[C@@H](c2ccc3c(N)ncnn23)[C@@H]2OC(C)(C)O[C@@H]21. The fourth-order valence-corrected chi connectivity index (χ4v) is 10.3. The number of hydrogen-bond acceptors (Lipinski definition) is 13. The molecule has 2 aliphatic rings. The zero-order valence-corrected chi connectivity index (χ0v) is 40.9. The van der Waals surface area contributed by atoms with Gasteiger partial charge in [0, 0.05) is 19.7 Å². The quantitative estimate of drug-likeness (QED) is 0.0298. The molecule has 6 rings (SSSR count). The van der Waals surface area contributed by atoms with E-state index in [1.165, 1.54) is 37.9 Å². The van der Waals surface area contributed by atoms with Gasteiger partial charge in [-0.25, -0.2) is 27.2 Å². The smallest absolute Gasteiger partial charge is 0.402 e. The summed E-state index contributed by atoms with van der Waals surface area (Å²) >= 11 is 6.52. The number of phosphoric ester groups is 1. The van der Waals surface area contributed by atoms with Gasteiger partial charge in [-0.15, -0.1) is 0 Å². The van der Waals surface area contributed by atoms with E-state index in [1.807, 2.05) is 12.1 Å². The second-order valence-corrected chi connectivity index (χ2v) is 20.0. The number of nitrogens with two attached hydrogens (primary N) is 1. The second kappa shape index (κ2) is 25.7. The van der Waals surface area contributed by atoms with Gasteiger partial charge < -0.3 is 29.2 Å². The fraction of sp³-hybridized carbons (Fsp3) is 0.592. The van der Waals surface area contributed by atoms with E-state index in [9.17, 15) is 18.4 Å². The van der Waals surface area contributed by atoms with Crippen molar-refractivity contribution in [1.29, 1.82) is 5.26 Å². The summed E-state index contributed by atoms with van der Waals surface area (Å²) in [6.45, 7) is 2.86. The summed E-state index contributed by atoms with van der Waals surface area (Å²) in [7, 11) is -3.03. The summed E-state index contributed by atoms with van der Waals surface area (Å²) in [4.78, 5) is 8.44. The van der Waals surface area contributed by atoms with E-state index in [0.29, 0.717) is 29.6 Å². The topological polar surface area (TPSA) is 174 Å². The highest BCUT2D eigenvalue weighted by Gasteiger charge is 2.64. The minimum absolute atomic E-state index is 0.00833. The van der Waals surface area contributed by atoms with Crippen LogP contribution in [0.15, 0.2) is 65.9 Å². The van der Waals surface area contributed by atoms with Gasteiger partial charge in [-0.3, -0.25) is 14.0 Å². The van der Waals surface area contributed by atoms with Crippen molar-refractivity contribution >= 4 is 37.0 Å². The zero-order valence-electron chi connectivity index (χ0n) is 39.2. The van der Waals surface area contributed by atoms with Crippen LogP contribution in [0, 0.1) is 17.1 Å². The maximum Gasteiger partial charge on any atom is 0.530 e. The molecule has 4 heterocycles. The number of anilines is 1. The van der Waals surface area contributed by atoms with Crippen molar-refractivity contribution in [3.05, 3.63) is 88.6 Å². The number of fused-ring (bicyclic) bond motifs is 2. The number of halogens is 4. The average molecular weight is 990 g/mol. The molecule has 2 saturated heterocycles. The minimum atomic E-state index is -4.60. The molecule has 0 spiro atoms. The highest BCUT2D eigenvalue weighted by Crippen LogP contribution is 2.55. The number of nitrogens with zero attached hydrogens (tertiary/aromatic N) is 5. The number of phosphoric acid groups is 1. The Morgan fingerprint density at radius 1 is 0.926 bits per heavy atom. The number of para-hydroxylation sites is 1. The third-order valence-electron chi connectivity index (χ3n) is 12.1. The number of alkyl halides is 2. The first-order valence-corrected chi connectivity index (χ1v) is 25.5. The standard InChI is InChI=1S/C49H65ClF3N6O8P/c1-48(2)64-45-44(40-24-25-41-47(55)57-34-58-59(40)41)65-49(32-56-3,46(45)66-48)33-63-68(60,67-42-22-19-18-21-39(42)50)62-31-38(61-30-36-26-35(29-54)27-37(51)28-36)20-16-14-12-10-8-6-4-5-7-9-11-13-15-17-23-43(52)53/h18-19,21-22,24-28,32,34,38,43-46H,4-17,20,23,30-31,33H2,1-3H3,(H2,55,57,58)/t38-,44+,45+,46+,49-,68?/m1/s1. The maximum atomic E-state index is 15.0. The molecule has 2 fully saturated rings. The molecule has 372 valence electrons. The van der Waals surface area contributed by atoms with Crippen molar-refractivity contribution in [3.63, 3.8) is 0 Å². The molecule has 0 saturated carbocycles. The van der Waals surface area contributed by atoms with Gasteiger partial charge in [0.1, 0.15) is 41.7 Å². The normalized spacial score (nSPS) is 21.4. The number of nitrogen functional groups attached to an aromatic ring is 1. The van der Waals surface area contributed by atoms with Crippen LogP contribution in [0.1, 0.15) is 140 Å². The predicted molar refractivity (Wildman–Crippen MR) is 253 cm³/mol. The van der Waals surface area contributed by atoms with Gasteiger partial charge in [0.2, 0.25) is 6.43 Å². The summed E-state index contributed by atoms with van der Waals surface area (Å²) in [6.07, 6.45) is 12.7. The number of benzene rings is 2. The van der Waals surface area contributed by atoms with Crippen LogP contribution in [0.4, 0.5) is 19.0 Å².